The number of aryl methyl sites for hydroxylation is 1. The van der Waals surface area contributed by atoms with Crippen molar-refractivity contribution in [3.63, 3.8) is 0 Å². The number of hydrogen-bond acceptors (Lipinski definition) is 0. The van der Waals surface area contributed by atoms with Crippen molar-refractivity contribution in [2.75, 3.05) is 0 Å². The fourth-order valence-corrected chi connectivity index (χ4v) is 2.08. The molecular formula is C18H29F3. The van der Waals surface area contributed by atoms with E-state index in [9.17, 15) is 13.2 Å². The molecule has 0 nitrogen and oxygen atoms in total. The third kappa shape index (κ3) is 6.54. The van der Waals surface area contributed by atoms with Gasteiger partial charge in [0.15, 0.2) is 0 Å². The van der Waals surface area contributed by atoms with Gasteiger partial charge in [0.1, 0.15) is 5.67 Å². The summed E-state index contributed by atoms with van der Waals surface area (Å²) in [7, 11) is 0. The summed E-state index contributed by atoms with van der Waals surface area (Å²) in [5, 5.41) is 0. The number of rotatable bonds is 5. The molecule has 0 N–H and O–H groups in total. The van der Waals surface area contributed by atoms with Crippen LogP contribution in [0.4, 0.5) is 13.2 Å². The van der Waals surface area contributed by atoms with E-state index in [4.69, 9.17) is 0 Å². The fourth-order valence-electron chi connectivity index (χ4n) is 2.08. The van der Waals surface area contributed by atoms with Crippen molar-refractivity contribution in [3.05, 3.63) is 34.9 Å². The molecule has 0 aliphatic heterocycles. The van der Waals surface area contributed by atoms with Crippen LogP contribution in [-0.4, -0.2) is 5.67 Å². The van der Waals surface area contributed by atoms with Crippen LogP contribution >= 0.6 is 0 Å². The molecule has 0 aliphatic rings. The van der Waals surface area contributed by atoms with Crippen LogP contribution in [-0.2, 0) is 18.8 Å². The van der Waals surface area contributed by atoms with Gasteiger partial charge < -0.3 is 0 Å². The second-order valence-corrected chi connectivity index (χ2v) is 5.84. The standard InChI is InChI=1S/C15H21F3.C3H8/c1-5-11-8-7-9-13(15(4,17)18)12(11)10-14(3,16)6-2;1-3-2/h7-9H,5-6,10H2,1-4H3;3H2,1-2H3. The fraction of sp³-hybridized carbons (Fsp3) is 0.667. The Labute approximate surface area is 127 Å². The first-order valence-electron chi connectivity index (χ1n) is 7.80. The highest BCUT2D eigenvalue weighted by atomic mass is 19.3. The van der Waals surface area contributed by atoms with Gasteiger partial charge in [0.25, 0.3) is 5.92 Å². The molecule has 0 saturated heterocycles. The molecule has 0 aliphatic carbocycles. The molecule has 3 heteroatoms. The second-order valence-electron chi connectivity index (χ2n) is 5.84. The molecule has 1 rings (SSSR count). The van der Waals surface area contributed by atoms with Crippen LogP contribution < -0.4 is 0 Å². The van der Waals surface area contributed by atoms with E-state index in [-0.39, 0.29) is 12.0 Å². The molecule has 0 fully saturated rings. The van der Waals surface area contributed by atoms with Gasteiger partial charge in [-0.2, -0.15) is 0 Å². The van der Waals surface area contributed by atoms with Gasteiger partial charge in [0, 0.05) is 18.9 Å². The highest BCUT2D eigenvalue weighted by Crippen LogP contribution is 2.35. The Hall–Kier alpha value is -0.990. The monoisotopic (exact) mass is 302 g/mol. The molecular weight excluding hydrogens is 273 g/mol. The van der Waals surface area contributed by atoms with Gasteiger partial charge in [-0.05, 0) is 30.9 Å². The van der Waals surface area contributed by atoms with Crippen molar-refractivity contribution < 1.29 is 13.2 Å². The first-order chi connectivity index (χ1) is 9.62. The molecule has 1 unspecified atom stereocenters. The van der Waals surface area contributed by atoms with Crippen LogP contribution in [0.5, 0.6) is 0 Å². The van der Waals surface area contributed by atoms with Crippen LogP contribution in [0.15, 0.2) is 18.2 Å². The van der Waals surface area contributed by atoms with E-state index in [2.05, 4.69) is 13.8 Å². The Morgan fingerprint density at radius 1 is 0.952 bits per heavy atom. The third-order valence-electron chi connectivity index (χ3n) is 3.41. The van der Waals surface area contributed by atoms with Crippen molar-refractivity contribution >= 4 is 0 Å². The number of halogens is 3. The van der Waals surface area contributed by atoms with Gasteiger partial charge in [0.2, 0.25) is 0 Å². The summed E-state index contributed by atoms with van der Waals surface area (Å²) in [5.41, 5.74) is -0.199. The lowest BCUT2D eigenvalue weighted by molar-refractivity contribution is 0.0157. The summed E-state index contributed by atoms with van der Waals surface area (Å²) in [6.07, 6.45) is 2.26. The minimum atomic E-state index is -2.93. The third-order valence-corrected chi connectivity index (χ3v) is 3.41. The summed E-state index contributed by atoms with van der Waals surface area (Å²) in [6, 6.07) is 4.83. The average molecular weight is 302 g/mol. The van der Waals surface area contributed by atoms with E-state index >= 15 is 0 Å². The van der Waals surface area contributed by atoms with Crippen molar-refractivity contribution in [2.45, 2.75) is 78.8 Å². The lowest BCUT2D eigenvalue weighted by Crippen LogP contribution is -2.24. The Balaban J connectivity index is 0.00000122. The number of alkyl halides is 3. The quantitative estimate of drug-likeness (QED) is 0.585. The molecule has 0 amide bonds. The predicted octanol–water partition coefficient (Wildman–Crippen LogP) is 6.46. The Kier molecular flexibility index (Phi) is 8.05. The predicted molar refractivity (Wildman–Crippen MR) is 84.9 cm³/mol. The topological polar surface area (TPSA) is 0 Å². The highest BCUT2D eigenvalue weighted by molar-refractivity contribution is 5.39. The van der Waals surface area contributed by atoms with Crippen molar-refractivity contribution in [2.24, 2.45) is 0 Å². The number of benzene rings is 1. The molecule has 0 spiro atoms. The van der Waals surface area contributed by atoms with Gasteiger partial charge in [-0.3, -0.25) is 0 Å². The van der Waals surface area contributed by atoms with E-state index < -0.39 is 11.6 Å². The first kappa shape index (κ1) is 20.0. The molecule has 0 saturated carbocycles. The van der Waals surface area contributed by atoms with Crippen LogP contribution in [0, 0.1) is 0 Å². The molecule has 0 radical (unpaired) electrons. The van der Waals surface area contributed by atoms with Crippen molar-refractivity contribution in [1.29, 1.82) is 0 Å². The first-order valence-corrected chi connectivity index (χ1v) is 7.80. The van der Waals surface area contributed by atoms with Gasteiger partial charge in [0.05, 0.1) is 0 Å². The summed E-state index contributed by atoms with van der Waals surface area (Å²) in [4.78, 5) is 0. The SMILES string of the molecule is CCC.CCc1cccc(C(C)(F)F)c1CC(C)(F)CC. The lowest BCUT2D eigenvalue weighted by atomic mass is 9.87. The van der Waals surface area contributed by atoms with Crippen molar-refractivity contribution in [3.8, 4) is 0 Å². The summed E-state index contributed by atoms with van der Waals surface area (Å²) in [5.74, 6) is -2.93. The summed E-state index contributed by atoms with van der Waals surface area (Å²) >= 11 is 0. The van der Waals surface area contributed by atoms with Crippen LogP contribution in [0.1, 0.15) is 71.1 Å². The average Bonchev–Trinajstić information content (AvgIpc) is 2.38. The normalized spacial score (nSPS) is 14.1. The Bertz CT molecular complexity index is 417. The van der Waals surface area contributed by atoms with E-state index in [0.717, 1.165) is 12.5 Å². The minimum absolute atomic E-state index is 0.0424. The summed E-state index contributed by atoms with van der Waals surface area (Å²) < 4.78 is 41.3. The minimum Gasteiger partial charge on any atom is -0.244 e. The largest absolute Gasteiger partial charge is 0.270 e. The molecule has 0 aromatic heterocycles. The maximum absolute atomic E-state index is 14.1. The van der Waals surface area contributed by atoms with Gasteiger partial charge in [-0.15, -0.1) is 0 Å². The zero-order valence-corrected chi connectivity index (χ0v) is 14.2. The molecule has 1 aromatic carbocycles. The van der Waals surface area contributed by atoms with E-state index in [1.807, 2.05) is 6.92 Å². The Morgan fingerprint density at radius 3 is 1.86 bits per heavy atom. The van der Waals surface area contributed by atoms with E-state index in [1.165, 1.54) is 19.4 Å². The van der Waals surface area contributed by atoms with Gasteiger partial charge in [-0.1, -0.05) is 52.3 Å². The van der Waals surface area contributed by atoms with Crippen LogP contribution in [0.25, 0.3) is 0 Å². The zero-order valence-electron chi connectivity index (χ0n) is 14.2. The van der Waals surface area contributed by atoms with Crippen LogP contribution in [0.2, 0.25) is 0 Å². The molecule has 1 aromatic rings. The maximum atomic E-state index is 14.1. The molecule has 1 atom stereocenters. The van der Waals surface area contributed by atoms with Crippen LogP contribution in [0.3, 0.4) is 0 Å². The van der Waals surface area contributed by atoms with Gasteiger partial charge >= 0.3 is 0 Å². The maximum Gasteiger partial charge on any atom is 0.270 e. The molecule has 0 bridgehead atoms. The van der Waals surface area contributed by atoms with E-state index in [1.54, 1.807) is 19.1 Å². The molecule has 21 heavy (non-hydrogen) atoms. The second kappa shape index (κ2) is 8.45. The molecule has 0 heterocycles. The summed E-state index contributed by atoms with van der Waals surface area (Å²) in [6.45, 7) is 10.2. The highest BCUT2D eigenvalue weighted by Gasteiger charge is 2.32. The van der Waals surface area contributed by atoms with Crippen molar-refractivity contribution in [1.82, 2.24) is 0 Å². The Morgan fingerprint density at radius 2 is 1.48 bits per heavy atom. The van der Waals surface area contributed by atoms with E-state index in [0.29, 0.717) is 18.4 Å². The van der Waals surface area contributed by atoms with Gasteiger partial charge in [-0.25, -0.2) is 13.2 Å². The number of hydrogen-bond donors (Lipinski definition) is 0. The smallest absolute Gasteiger partial charge is 0.244 e. The zero-order chi connectivity index (χ0) is 16.7. The lowest BCUT2D eigenvalue weighted by Gasteiger charge is -2.24. The molecule has 122 valence electrons.